The summed E-state index contributed by atoms with van der Waals surface area (Å²) in [6.45, 7) is 2.41. The fourth-order valence-electron chi connectivity index (χ4n) is 4.87. The Morgan fingerprint density at radius 2 is 1.71 bits per heavy atom. The number of benzene rings is 2. The van der Waals surface area contributed by atoms with Crippen molar-refractivity contribution in [3.63, 3.8) is 0 Å². The van der Waals surface area contributed by atoms with Crippen LogP contribution in [0.15, 0.2) is 66.9 Å². The molecule has 0 aromatic heterocycles. The molecule has 0 N–H and O–H groups in total. The number of Topliss-reactive ketones (excluding diaryl/α,β-unsaturated/α-hetero) is 1. The fourth-order valence-corrected chi connectivity index (χ4v) is 4.87. The predicted octanol–water partition coefficient (Wildman–Crippen LogP) is 3.88. The summed E-state index contributed by atoms with van der Waals surface area (Å²) in [4.78, 5) is 15.5. The van der Waals surface area contributed by atoms with Crippen molar-refractivity contribution in [1.29, 1.82) is 0 Å². The number of fused-ring (bicyclic) bond motifs is 3. The SMILES string of the molecule is O=C1C(c2ccccc2)=COC2C1CCC1OCN(Cc3ccccc3)CC12. The predicted molar refractivity (Wildman–Crippen MR) is 107 cm³/mol. The molecule has 4 heteroatoms. The molecule has 0 spiro atoms. The van der Waals surface area contributed by atoms with E-state index in [9.17, 15) is 4.79 Å². The zero-order valence-electron chi connectivity index (χ0n) is 15.9. The lowest BCUT2D eigenvalue weighted by atomic mass is 9.71. The van der Waals surface area contributed by atoms with Gasteiger partial charge in [-0.3, -0.25) is 9.69 Å². The van der Waals surface area contributed by atoms with E-state index in [0.29, 0.717) is 12.3 Å². The number of ether oxygens (including phenoxy) is 2. The molecule has 5 rings (SSSR count). The Hall–Kier alpha value is -2.43. The number of rotatable bonds is 3. The highest BCUT2D eigenvalue weighted by Gasteiger charge is 2.48. The average molecular weight is 375 g/mol. The monoisotopic (exact) mass is 375 g/mol. The van der Waals surface area contributed by atoms with Crippen LogP contribution >= 0.6 is 0 Å². The van der Waals surface area contributed by atoms with Crippen LogP contribution in [0.5, 0.6) is 0 Å². The molecule has 2 aliphatic heterocycles. The summed E-state index contributed by atoms with van der Waals surface area (Å²) in [5.74, 6) is 0.386. The van der Waals surface area contributed by atoms with E-state index in [1.807, 2.05) is 36.4 Å². The van der Waals surface area contributed by atoms with Gasteiger partial charge < -0.3 is 9.47 Å². The first-order valence-corrected chi connectivity index (χ1v) is 10.1. The van der Waals surface area contributed by atoms with Crippen LogP contribution in [-0.2, 0) is 20.8 Å². The molecule has 4 nitrogen and oxygen atoms in total. The largest absolute Gasteiger partial charge is 0.496 e. The van der Waals surface area contributed by atoms with Crippen molar-refractivity contribution < 1.29 is 14.3 Å². The summed E-state index contributed by atoms with van der Waals surface area (Å²) in [7, 11) is 0. The number of hydrogen-bond donors (Lipinski definition) is 0. The van der Waals surface area contributed by atoms with Crippen LogP contribution < -0.4 is 0 Å². The second kappa shape index (κ2) is 7.53. The molecule has 2 fully saturated rings. The van der Waals surface area contributed by atoms with Crippen LogP contribution in [0.3, 0.4) is 0 Å². The van der Waals surface area contributed by atoms with Gasteiger partial charge in [0.05, 0.1) is 30.6 Å². The third-order valence-corrected chi connectivity index (χ3v) is 6.28. The van der Waals surface area contributed by atoms with Gasteiger partial charge in [0, 0.05) is 19.0 Å². The van der Waals surface area contributed by atoms with Crippen molar-refractivity contribution in [2.75, 3.05) is 13.3 Å². The molecule has 2 aromatic carbocycles. The zero-order chi connectivity index (χ0) is 18.9. The molecule has 2 aromatic rings. The first kappa shape index (κ1) is 17.7. The van der Waals surface area contributed by atoms with Gasteiger partial charge in [-0.25, -0.2) is 0 Å². The maximum atomic E-state index is 13.2. The van der Waals surface area contributed by atoms with E-state index in [0.717, 1.165) is 31.5 Å². The minimum absolute atomic E-state index is 0.0678. The zero-order valence-corrected chi connectivity index (χ0v) is 15.9. The lowest BCUT2D eigenvalue weighted by Gasteiger charge is -2.48. The molecule has 0 bridgehead atoms. The quantitative estimate of drug-likeness (QED) is 0.816. The van der Waals surface area contributed by atoms with Gasteiger partial charge in [0.1, 0.15) is 6.10 Å². The van der Waals surface area contributed by atoms with E-state index in [1.54, 1.807) is 6.26 Å². The highest BCUT2D eigenvalue weighted by molar-refractivity contribution is 6.22. The van der Waals surface area contributed by atoms with Gasteiger partial charge in [-0.05, 0) is 24.0 Å². The number of nitrogens with zero attached hydrogens (tertiary/aromatic N) is 1. The Bertz CT molecular complexity index is 864. The van der Waals surface area contributed by atoms with Crippen molar-refractivity contribution >= 4 is 11.4 Å². The average Bonchev–Trinajstić information content (AvgIpc) is 2.75. The number of ketones is 1. The molecule has 0 amide bonds. The van der Waals surface area contributed by atoms with Crippen molar-refractivity contribution in [3.8, 4) is 0 Å². The Kier molecular flexibility index (Phi) is 4.75. The summed E-state index contributed by atoms with van der Waals surface area (Å²) in [5.41, 5.74) is 2.93. The van der Waals surface area contributed by atoms with Crippen molar-refractivity contribution in [2.45, 2.75) is 31.6 Å². The van der Waals surface area contributed by atoms with Gasteiger partial charge in [0.15, 0.2) is 5.78 Å². The van der Waals surface area contributed by atoms with E-state index in [2.05, 4.69) is 29.2 Å². The topological polar surface area (TPSA) is 38.8 Å². The molecule has 144 valence electrons. The maximum absolute atomic E-state index is 13.2. The highest BCUT2D eigenvalue weighted by atomic mass is 16.5. The van der Waals surface area contributed by atoms with Crippen LogP contribution in [-0.4, -0.2) is 36.2 Å². The lowest BCUT2D eigenvalue weighted by molar-refractivity contribution is -0.171. The van der Waals surface area contributed by atoms with Gasteiger partial charge in [0.2, 0.25) is 0 Å². The lowest BCUT2D eigenvalue weighted by Crippen LogP contribution is -2.56. The molecule has 0 radical (unpaired) electrons. The normalized spacial score (nSPS) is 30.0. The molecule has 3 aliphatic rings. The molecule has 1 aliphatic carbocycles. The Morgan fingerprint density at radius 3 is 2.50 bits per heavy atom. The van der Waals surface area contributed by atoms with Crippen LogP contribution in [0.2, 0.25) is 0 Å². The Labute approximate surface area is 165 Å². The summed E-state index contributed by atoms with van der Waals surface area (Å²) < 4.78 is 12.4. The smallest absolute Gasteiger partial charge is 0.173 e. The molecule has 2 heterocycles. The number of allylic oxidation sites excluding steroid dienone is 1. The molecular formula is C24H25NO3. The van der Waals surface area contributed by atoms with Gasteiger partial charge in [-0.1, -0.05) is 60.7 Å². The van der Waals surface area contributed by atoms with E-state index in [1.165, 1.54) is 5.56 Å². The van der Waals surface area contributed by atoms with Gasteiger partial charge in [-0.15, -0.1) is 0 Å². The second-order valence-corrected chi connectivity index (χ2v) is 8.04. The van der Waals surface area contributed by atoms with Crippen LogP contribution in [0.4, 0.5) is 0 Å². The summed E-state index contributed by atoms with van der Waals surface area (Å²) in [6.07, 6.45) is 3.57. The molecular weight excluding hydrogens is 350 g/mol. The van der Waals surface area contributed by atoms with E-state index in [-0.39, 0.29) is 29.8 Å². The number of hydrogen-bond acceptors (Lipinski definition) is 4. The summed E-state index contributed by atoms with van der Waals surface area (Å²) >= 11 is 0. The third-order valence-electron chi connectivity index (χ3n) is 6.28. The first-order valence-electron chi connectivity index (χ1n) is 10.1. The standard InChI is InChI=1S/C24H25NO3/c26-23-19-11-12-22-20(14-25(16-28-22)13-17-7-3-1-4-8-17)24(19)27-15-21(23)18-9-5-2-6-10-18/h1-10,15,19-20,22,24H,11-14,16H2. The first-order chi connectivity index (χ1) is 13.8. The summed E-state index contributed by atoms with van der Waals surface area (Å²) in [5, 5.41) is 0. The number of carbonyl (C=O) groups is 1. The van der Waals surface area contributed by atoms with Crippen LogP contribution in [0.1, 0.15) is 24.0 Å². The minimum Gasteiger partial charge on any atom is -0.496 e. The molecule has 4 atom stereocenters. The van der Waals surface area contributed by atoms with Gasteiger partial charge >= 0.3 is 0 Å². The second-order valence-electron chi connectivity index (χ2n) is 8.04. The minimum atomic E-state index is -0.0858. The van der Waals surface area contributed by atoms with Crippen molar-refractivity contribution in [1.82, 2.24) is 4.90 Å². The maximum Gasteiger partial charge on any atom is 0.173 e. The van der Waals surface area contributed by atoms with E-state index >= 15 is 0 Å². The molecule has 4 unspecified atom stereocenters. The van der Waals surface area contributed by atoms with Crippen molar-refractivity contribution in [2.24, 2.45) is 11.8 Å². The molecule has 1 saturated carbocycles. The fraction of sp³-hybridized carbons (Fsp3) is 0.375. The van der Waals surface area contributed by atoms with Crippen LogP contribution in [0.25, 0.3) is 5.57 Å². The van der Waals surface area contributed by atoms with Crippen LogP contribution in [0, 0.1) is 11.8 Å². The number of carbonyl (C=O) groups excluding carboxylic acids is 1. The molecule has 28 heavy (non-hydrogen) atoms. The highest BCUT2D eigenvalue weighted by Crippen LogP contribution is 2.42. The Morgan fingerprint density at radius 1 is 0.964 bits per heavy atom. The summed E-state index contributed by atoms with van der Waals surface area (Å²) in [6, 6.07) is 20.3. The van der Waals surface area contributed by atoms with Gasteiger partial charge in [0.25, 0.3) is 0 Å². The molecule has 1 saturated heterocycles. The third kappa shape index (κ3) is 3.27. The van der Waals surface area contributed by atoms with E-state index < -0.39 is 0 Å². The Balaban J connectivity index is 1.34. The van der Waals surface area contributed by atoms with E-state index in [4.69, 9.17) is 9.47 Å². The van der Waals surface area contributed by atoms with Gasteiger partial charge in [-0.2, -0.15) is 0 Å². The van der Waals surface area contributed by atoms with Crippen molar-refractivity contribution in [3.05, 3.63) is 78.1 Å².